The summed E-state index contributed by atoms with van der Waals surface area (Å²) in [5.41, 5.74) is 0. The van der Waals surface area contributed by atoms with Crippen LogP contribution in [0.1, 0.15) is 12.8 Å². The minimum absolute atomic E-state index is 0.148. The van der Waals surface area contributed by atoms with Crippen LogP contribution in [0.3, 0.4) is 0 Å². The SMILES string of the molecule is COC[C@@H]1CCCN(C(=O)[C@H]2COCCN2)C1. The van der Waals surface area contributed by atoms with Crippen LogP contribution in [0.5, 0.6) is 0 Å². The lowest BCUT2D eigenvalue weighted by molar-refractivity contribution is -0.138. The van der Waals surface area contributed by atoms with E-state index in [0.29, 0.717) is 19.1 Å². The molecular weight excluding hydrogens is 220 g/mol. The van der Waals surface area contributed by atoms with E-state index in [1.807, 2.05) is 4.90 Å². The third kappa shape index (κ3) is 3.40. The Morgan fingerprint density at radius 2 is 2.47 bits per heavy atom. The zero-order valence-electron chi connectivity index (χ0n) is 10.5. The van der Waals surface area contributed by atoms with Gasteiger partial charge in [0.05, 0.1) is 19.8 Å². The Hall–Kier alpha value is -0.650. The highest BCUT2D eigenvalue weighted by atomic mass is 16.5. The van der Waals surface area contributed by atoms with Crippen molar-refractivity contribution >= 4 is 5.91 Å². The van der Waals surface area contributed by atoms with E-state index < -0.39 is 0 Å². The summed E-state index contributed by atoms with van der Waals surface area (Å²) >= 11 is 0. The molecule has 0 bridgehead atoms. The number of hydrogen-bond donors (Lipinski definition) is 1. The minimum Gasteiger partial charge on any atom is -0.384 e. The van der Waals surface area contributed by atoms with Gasteiger partial charge in [0, 0.05) is 26.7 Å². The second kappa shape index (κ2) is 6.33. The van der Waals surface area contributed by atoms with Crippen LogP contribution in [0.25, 0.3) is 0 Å². The topological polar surface area (TPSA) is 50.8 Å². The predicted molar refractivity (Wildman–Crippen MR) is 63.8 cm³/mol. The summed E-state index contributed by atoms with van der Waals surface area (Å²) in [5, 5.41) is 3.22. The first-order chi connectivity index (χ1) is 8.31. The molecule has 0 aromatic rings. The number of nitrogens with one attached hydrogen (secondary N) is 1. The quantitative estimate of drug-likeness (QED) is 0.748. The number of carbonyl (C=O) groups is 1. The molecule has 2 saturated heterocycles. The molecule has 1 amide bonds. The lowest BCUT2D eigenvalue weighted by atomic mass is 9.98. The Morgan fingerprint density at radius 3 is 3.18 bits per heavy atom. The fourth-order valence-electron chi connectivity index (χ4n) is 2.58. The molecule has 0 aliphatic carbocycles. The summed E-state index contributed by atoms with van der Waals surface area (Å²) in [6.07, 6.45) is 2.24. The number of methoxy groups -OCH3 is 1. The van der Waals surface area contributed by atoms with Gasteiger partial charge in [-0.2, -0.15) is 0 Å². The van der Waals surface area contributed by atoms with Crippen LogP contribution in [0, 0.1) is 5.92 Å². The van der Waals surface area contributed by atoms with Gasteiger partial charge in [0.15, 0.2) is 0 Å². The van der Waals surface area contributed by atoms with E-state index in [0.717, 1.165) is 39.1 Å². The molecule has 17 heavy (non-hydrogen) atoms. The Morgan fingerprint density at radius 1 is 1.59 bits per heavy atom. The Bertz CT molecular complexity index is 252. The van der Waals surface area contributed by atoms with E-state index in [9.17, 15) is 4.79 Å². The van der Waals surface area contributed by atoms with E-state index in [1.165, 1.54) is 0 Å². The van der Waals surface area contributed by atoms with E-state index >= 15 is 0 Å². The molecule has 0 saturated carbocycles. The molecule has 0 spiro atoms. The predicted octanol–water partition coefficient (Wildman–Crippen LogP) is -0.140. The fraction of sp³-hybridized carbons (Fsp3) is 0.917. The first kappa shape index (κ1) is 12.8. The smallest absolute Gasteiger partial charge is 0.242 e. The van der Waals surface area contributed by atoms with Crippen molar-refractivity contribution in [2.24, 2.45) is 5.92 Å². The Kier molecular flexibility index (Phi) is 4.76. The molecule has 2 aliphatic heterocycles. The summed E-state index contributed by atoms with van der Waals surface area (Å²) in [7, 11) is 1.72. The number of nitrogens with zero attached hydrogens (tertiary/aromatic N) is 1. The molecule has 2 rings (SSSR count). The number of rotatable bonds is 3. The van der Waals surface area contributed by atoms with Crippen molar-refractivity contribution in [2.75, 3.05) is 46.6 Å². The van der Waals surface area contributed by atoms with Crippen molar-refractivity contribution in [3.05, 3.63) is 0 Å². The lowest BCUT2D eigenvalue weighted by Crippen LogP contribution is -2.54. The normalized spacial score (nSPS) is 30.3. The minimum atomic E-state index is -0.148. The average Bonchev–Trinajstić information content (AvgIpc) is 2.40. The Balaban J connectivity index is 1.85. The second-order valence-corrected chi connectivity index (χ2v) is 4.83. The van der Waals surface area contributed by atoms with Crippen molar-refractivity contribution in [3.63, 3.8) is 0 Å². The number of likely N-dealkylation sites (tertiary alicyclic amines) is 1. The van der Waals surface area contributed by atoms with Crippen LogP contribution in [0.2, 0.25) is 0 Å². The molecule has 2 aliphatic rings. The molecule has 0 unspecified atom stereocenters. The Labute approximate surface area is 102 Å². The number of hydrogen-bond acceptors (Lipinski definition) is 4. The van der Waals surface area contributed by atoms with Gasteiger partial charge >= 0.3 is 0 Å². The fourth-order valence-corrected chi connectivity index (χ4v) is 2.58. The van der Waals surface area contributed by atoms with E-state index in [-0.39, 0.29) is 11.9 Å². The number of carbonyl (C=O) groups excluding carboxylic acids is 1. The summed E-state index contributed by atoms with van der Waals surface area (Å²) in [6, 6.07) is -0.148. The summed E-state index contributed by atoms with van der Waals surface area (Å²) in [4.78, 5) is 14.2. The van der Waals surface area contributed by atoms with E-state index in [1.54, 1.807) is 7.11 Å². The number of ether oxygens (including phenoxy) is 2. The van der Waals surface area contributed by atoms with Gasteiger partial charge in [0.25, 0.3) is 0 Å². The molecule has 5 heteroatoms. The second-order valence-electron chi connectivity index (χ2n) is 4.83. The third-order valence-corrected chi connectivity index (χ3v) is 3.45. The van der Waals surface area contributed by atoms with E-state index in [4.69, 9.17) is 9.47 Å². The van der Waals surface area contributed by atoms with Gasteiger partial charge in [-0.15, -0.1) is 0 Å². The van der Waals surface area contributed by atoms with Crippen LogP contribution in [-0.2, 0) is 14.3 Å². The summed E-state index contributed by atoms with van der Waals surface area (Å²) in [6.45, 7) is 4.42. The molecule has 5 nitrogen and oxygen atoms in total. The molecule has 2 fully saturated rings. The van der Waals surface area contributed by atoms with Gasteiger partial charge in [0.1, 0.15) is 6.04 Å². The number of piperidine rings is 1. The largest absolute Gasteiger partial charge is 0.384 e. The monoisotopic (exact) mass is 242 g/mol. The van der Waals surface area contributed by atoms with Crippen molar-refractivity contribution in [1.29, 1.82) is 0 Å². The van der Waals surface area contributed by atoms with Crippen molar-refractivity contribution in [1.82, 2.24) is 10.2 Å². The van der Waals surface area contributed by atoms with Crippen LogP contribution in [-0.4, -0.2) is 63.4 Å². The van der Waals surface area contributed by atoms with Gasteiger partial charge in [-0.25, -0.2) is 0 Å². The first-order valence-electron chi connectivity index (χ1n) is 6.40. The molecule has 98 valence electrons. The van der Waals surface area contributed by atoms with Gasteiger partial charge in [-0.1, -0.05) is 0 Å². The third-order valence-electron chi connectivity index (χ3n) is 3.45. The number of morpholine rings is 1. The molecular formula is C12H22N2O3. The summed E-state index contributed by atoms with van der Waals surface area (Å²) in [5.74, 6) is 0.674. The molecule has 0 radical (unpaired) electrons. The zero-order valence-corrected chi connectivity index (χ0v) is 10.5. The van der Waals surface area contributed by atoms with Gasteiger partial charge < -0.3 is 19.7 Å². The maximum absolute atomic E-state index is 12.2. The molecule has 0 aromatic carbocycles. The van der Waals surface area contributed by atoms with Gasteiger partial charge in [0.2, 0.25) is 5.91 Å². The van der Waals surface area contributed by atoms with Gasteiger partial charge in [-0.3, -0.25) is 4.79 Å². The zero-order chi connectivity index (χ0) is 12.1. The van der Waals surface area contributed by atoms with Crippen LogP contribution >= 0.6 is 0 Å². The van der Waals surface area contributed by atoms with E-state index in [2.05, 4.69) is 5.32 Å². The number of amides is 1. The van der Waals surface area contributed by atoms with Gasteiger partial charge in [-0.05, 0) is 18.8 Å². The van der Waals surface area contributed by atoms with Crippen molar-refractivity contribution in [2.45, 2.75) is 18.9 Å². The molecule has 2 heterocycles. The highest BCUT2D eigenvalue weighted by Crippen LogP contribution is 2.17. The molecule has 1 N–H and O–H groups in total. The van der Waals surface area contributed by atoms with Crippen LogP contribution in [0.4, 0.5) is 0 Å². The highest BCUT2D eigenvalue weighted by Gasteiger charge is 2.29. The average molecular weight is 242 g/mol. The molecule has 2 atom stereocenters. The van der Waals surface area contributed by atoms with Crippen LogP contribution in [0.15, 0.2) is 0 Å². The molecule has 0 aromatic heterocycles. The standard InChI is InChI=1S/C12H22N2O3/c1-16-8-10-3-2-5-14(7-10)12(15)11-9-17-6-4-13-11/h10-11,13H,2-9H2,1H3/t10-,11-/m1/s1. The van der Waals surface area contributed by atoms with Crippen molar-refractivity contribution in [3.8, 4) is 0 Å². The highest BCUT2D eigenvalue weighted by molar-refractivity contribution is 5.82. The van der Waals surface area contributed by atoms with Crippen LogP contribution < -0.4 is 5.32 Å². The maximum atomic E-state index is 12.2. The maximum Gasteiger partial charge on any atom is 0.242 e. The summed E-state index contributed by atoms with van der Waals surface area (Å²) < 4.78 is 10.5. The first-order valence-corrected chi connectivity index (χ1v) is 6.40. The van der Waals surface area contributed by atoms with Crippen molar-refractivity contribution < 1.29 is 14.3 Å². The lowest BCUT2D eigenvalue weighted by Gasteiger charge is -2.35.